The Morgan fingerprint density at radius 2 is 1.23 bits per heavy atom. The van der Waals surface area contributed by atoms with Gasteiger partial charge in [0.1, 0.15) is 17.3 Å². The Bertz CT molecular complexity index is 1330. The smallest absolute Gasteiger partial charge is 0.422 e. The van der Waals surface area contributed by atoms with Crippen LogP contribution in [0.1, 0.15) is 48.4 Å². The molecule has 4 rings (SSSR count). The fourth-order valence-electron chi connectivity index (χ4n) is 4.51. The molecule has 0 N–H and O–H groups in total. The summed E-state index contributed by atoms with van der Waals surface area (Å²) in [6, 6.07) is 24.4. The van der Waals surface area contributed by atoms with Gasteiger partial charge in [0.05, 0.1) is 6.61 Å². The second-order valence-corrected chi connectivity index (χ2v) is 9.84. The van der Waals surface area contributed by atoms with Gasteiger partial charge in [-0.2, -0.15) is 13.2 Å². The van der Waals surface area contributed by atoms with Crippen LogP contribution in [0.25, 0.3) is 10.8 Å². The predicted octanol–water partition coefficient (Wildman–Crippen LogP) is 9.06. The first kappa shape index (κ1) is 28.5. The highest BCUT2D eigenvalue weighted by Crippen LogP contribution is 2.25. The molecule has 0 spiro atoms. The number of benzene rings is 4. The Kier molecular flexibility index (Phi) is 9.85. The van der Waals surface area contributed by atoms with Crippen molar-refractivity contribution in [1.29, 1.82) is 0 Å². The number of hydrogen-bond donors (Lipinski definition) is 0. The van der Waals surface area contributed by atoms with E-state index in [0.29, 0.717) is 23.8 Å². The minimum atomic E-state index is -4.37. The van der Waals surface area contributed by atoms with Gasteiger partial charge >= 0.3 is 6.18 Å². The molecule has 0 amide bonds. The van der Waals surface area contributed by atoms with Crippen LogP contribution in [-0.4, -0.2) is 19.4 Å². The molecule has 0 aromatic heterocycles. The normalized spacial score (nSPS) is 11.6. The molecule has 0 bridgehead atoms. The van der Waals surface area contributed by atoms with Crippen LogP contribution in [0, 0.1) is 5.82 Å². The third-order valence-corrected chi connectivity index (χ3v) is 6.75. The summed E-state index contributed by atoms with van der Waals surface area (Å²) in [6.45, 7) is 1.60. The van der Waals surface area contributed by atoms with Crippen LogP contribution >= 0.6 is 0 Å². The van der Waals surface area contributed by atoms with E-state index in [9.17, 15) is 13.2 Å². The summed E-state index contributed by atoms with van der Waals surface area (Å²) in [4.78, 5) is 0. The van der Waals surface area contributed by atoms with Crippen LogP contribution in [0.15, 0.2) is 78.9 Å². The SMILES string of the molecule is CCCCCOc1ccc(CCc2ccc3c(F)c(CCc4ccc(OCC(F)(F)F)cc4)ccc3c2)cc1. The van der Waals surface area contributed by atoms with Crippen molar-refractivity contribution in [1.82, 2.24) is 0 Å². The summed E-state index contributed by atoms with van der Waals surface area (Å²) < 4.78 is 62.7. The van der Waals surface area contributed by atoms with Gasteiger partial charge in [0.2, 0.25) is 0 Å². The maximum Gasteiger partial charge on any atom is 0.422 e. The number of halogens is 4. The minimum Gasteiger partial charge on any atom is -0.494 e. The molecular weight excluding hydrogens is 504 g/mol. The number of fused-ring (bicyclic) bond motifs is 1. The maximum absolute atomic E-state index is 15.3. The number of hydrogen-bond acceptors (Lipinski definition) is 2. The highest BCUT2D eigenvalue weighted by atomic mass is 19.4. The van der Waals surface area contributed by atoms with Crippen LogP contribution in [0.3, 0.4) is 0 Å². The second kappa shape index (κ2) is 13.5. The molecule has 0 aliphatic heterocycles. The largest absolute Gasteiger partial charge is 0.494 e. The maximum atomic E-state index is 15.3. The van der Waals surface area contributed by atoms with E-state index in [4.69, 9.17) is 9.47 Å². The number of ether oxygens (including phenoxy) is 2. The lowest BCUT2D eigenvalue weighted by molar-refractivity contribution is -0.153. The number of aryl methyl sites for hydroxylation is 4. The molecule has 0 heterocycles. The van der Waals surface area contributed by atoms with E-state index in [1.54, 1.807) is 12.1 Å². The van der Waals surface area contributed by atoms with Gasteiger partial charge in [-0.15, -0.1) is 0 Å². The molecule has 39 heavy (non-hydrogen) atoms. The zero-order chi connectivity index (χ0) is 27.7. The molecule has 4 aromatic rings. The third kappa shape index (κ3) is 8.74. The van der Waals surface area contributed by atoms with E-state index in [2.05, 4.69) is 19.1 Å². The van der Waals surface area contributed by atoms with Crippen molar-refractivity contribution >= 4 is 10.8 Å². The molecule has 0 saturated heterocycles. The van der Waals surface area contributed by atoms with E-state index >= 15 is 4.39 Å². The molecule has 0 saturated carbocycles. The Labute approximate surface area is 227 Å². The number of alkyl halides is 3. The summed E-state index contributed by atoms with van der Waals surface area (Å²) in [5.41, 5.74) is 3.91. The summed E-state index contributed by atoms with van der Waals surface area (Å²) in [7, 11) is 0. The number of unbranched alkanes of at least 4 members (excludes halogenated alkanes) is 2. The molecule has 2 nitrogen and oxygen atoms in total. The Morgan fingerprint density at radius 1 is 0.641 bits per heavy atom. The lowest BCUT2D eigenvalue weighted by Crippen LogP contribution is -2.19. The minimum absolute atomic E-state index is 0.160. The fourth-order valence-corrected chi connectivity index (χ4v) is 4.51. The van der Waals surface area contributed by atoms with E-state index < -0.39 is 12.8 Å². The van der Waals surface area contributed by atoms with Gasteiger partial charge in [-0.05, 0) is 84.0 Å². The first-order valence-electron chi connectivity index (χ1n) is 13.5. The highest BCUT2D eigenvalue weighted by Gasteiger charge is 2.28. The average Bonchev–Trinajstić information content (AvgIpc) is 2.93. The molecule has 4 aromatic carbocycles. The van der Waals surface area contributed by atoms with Gasteiger partial charge in [-0.25, -0.2) is 4.39 Å². The molecule has 0 atom stereocenters. The van der Waals surface area contributed by atoms with E-state index in [1.165, 1.54) is 30.5 Å². The standard InChI is InChI=1S/C33H34F4O2/c1-2-3-4-21-38-29-16-8-24(9-17-29)5-6-26-12-20-31-28(22-26)15-14-27(32(31)34)13-7-25-10-18-30(19-11-25)39-23-33(35,36)37/h8-12,14-20,22H,2-7,13,21,23H2,1H3. The van der Waals surface area contributed by atoms with Crippen LogP contribution in [-0.2, 0) is 25.7 Å². The van der Waals surface area contributed by atoms with Gasteiger partial charge in [-0.1, -0.05) is 74.4 Å². The van der Waals surface area contributed by atoms with Gasteiger partial charge in [0, 0.05) is 5.39 Å². The Balaban J connectivity index is 1.31. The number of rotatable bonds is 13. The Hall–Kier alpha value is -3.54. The highest BCUT2D eigenvalue weighted by molar-refractivity contribution is 5.84. The quantitative estimate of drug-likeness (QED) is 0.125. The summed E-state index contributed by atoms with van der Waals surface area (Å²) in [6.07, 6.45) is 1.87. The zero-order valence-corrected chi connectivity index (χ0v) is 22.2. The van der Waals surface area contributed by atoms with Crippen molar-refractivity contribution in [3.8, 4) is 11.5 Å². The zero-order valence-electron chi connectivity index (χ0n) is 22.2. The van der Waals surface area contributed by atoms with Crippen molar-refractivity contribution in [2.75, 3.05) is 13.2 Å². The first-order valence-corrected chi connectivity index (χ1v) is 13.5. The van der Waals surface area contributed by atoms with E-state index in [1.807, 2.05) is 42.5 Å². The molecule has 0 fully saturated rings. The van der Waals surface area contributed by atoms with Crippen LogP contribution in [0.4, 0.5) is 17.6 Å². The van der Waals surface area contributed by atoms with Crippen molar-refractivity contribution in [3.63, 3.8) is 0 Å². The molecule has 0 aliphatic rings. The van der Waals surface area contributed by atoms with Crippen molar-refractivity contribution in [2.24, 2.45) is 0 Å². The molecule has 6 heteroatoms. The monoisotopic (exact) mass is 538 g/mol. The van der Waals surface area contributed by atoms with Crippen LogP contribution < -0.4 is 9.47 Å². The van der Waals surface area contributed by atoms with Crippen molar-refractivity contribution in [3.05, 3.63) is 107 Å². The van der Waals surface area contributed by atoms with Gasteiger partial charge < -0.3 is 9.47 Å². The van der Waals surface area contributed by atoms with Crippen molar-refractivity contribution in [2.45, 2.75) is 58.0 Å². The van der Waals surface area contributed by atoms with Gasteiger partial charge in [0.15, 0.2) is 6.61 Å². The predicted molar refractivity (Wildman–Crippen MR) is 148 cm³/mol. The summed E-state index contributed by atoms with van der Waals surface area (Å²) >= 11 is 0. The van der Waals surface area contributed by atoms with E-state index in [0.717, 1.165) is 48.1 Å². The first-order chi connectivity index (χ1) is 18.8. The molecule has 0 unspecified atom stereocenters. The lowest BCUT2D eigenvalue weighted by atomic mass is 9.97. The fraction of sp³-hybridized carbons (Fsp3) is 0.333. The third-order valence-electron chi connectivity index (χ3n) is 6.75. The van der Waals surface area contributed by atoms with Crippen LogP contribution in [0.5, 0.6) is 11.5 Å². The summed E-state index contributed by atoms with van der Waals surface area (Å²) in [5, 5.41) is 1.47. The lowest BCUT2D eigenvalue weighted by Gasteiger charge is -2.11. The Morgan fingerprint density at radius 3 is 1.87 bits per heavy atom. The summed E-state index contributed by atoms with van der Waals surface area (Å²) in [5.74, 6) is 0.838. The van der Waals surface area contributed by atoms with Crippen molar-refractivity contribution < 1.29 is 27.0 Å². The molecular formula is C33H34F4O2. The van der Waals surface area contributed by atoms with Gasteiger partial charge in [-0.3, -0.25) is 0 Å². The van der Waals surface area contributed by atoms with E-state index in [-0.39, 0.29) is 11.6 Å². The topological polar surface area (TPSA) is 18.5 Å². The average molecular weight is 539 g/mol. The second-order valence-electron chi connectivity index (χ2n) is 9.84. The van der Waals surface area contributed by atoms with Crippen LogP contribution in [0.2, 0.25) is 0 Å². The molecule has 0 aliphatic carbocycles. The molecule has 206 valence electrons. The van der Waals surface area contributed by atoms with Gasteiger partial charge in [0.25, 0.3) is 0 Å². The molecule has 0 radical (unpaired) electrons.